The number of carbonyl (C=O) groups excluding carboxylic acids is 3. The summed E-state index contributed by atoms with van der Waals surface area (Å²) in [5.41, 5.74) is 1.40. The first-order valence-corrected chi connectivity index (χ1v) is 9.84. The number of nitrogens with one attached hydrogen (secondary N) is 1. The third kappa shape index (κ3) is 6.08. The maximum absolute atomic E-state index is 13.0. The third-order valence-corrected chi connectivity index (χ3v) is 4.85. The molecule has 1 aliphatic rings. The SMILES string of the molecule is COc1ccc(C)cc1C(=O)N1CCCC(C(=O)NCC(=O)CC(C)(C)C)C1. The van der Waals surface area contributed by atoms with Gasteiger partial charge in [0.2, 0.25) is 5.91 Å². The number of ether oxygens (including phenoxy) is 1. The molecule has 6 nitrogen and oxygen atoms in total. The molecule has 0 bridgehead atoms. The lowest BCUT2D eigenvalue weighted by molar-refractivity contribution is -0.129. The number of benzene rings is 1. The van der Waals surface area contributed by atoms with E-state index < -0.39 is 0 Å². The Bertz CT molecular complexity index is 737. The number of nitrogens with zero attached hydrogens (tertiary/aromatic N) is 1. The summed E-state index contributed by atoms with van der Waals surface area (Å²) >= 11 is 0. The Morgan fingerprint density at radius 1 is 1.25 bits per heavy atom. The topological polar surface area (TPSA) is 75.7 Å². The molecule has 0 radical (unpaired) electrons. The minimum atomic E-state index is -0.295. The molecule has 1 N–H and O–H groups in total. The van der Waals surface area contributed by atoms with Gasteiger partial charge < -0.3 is 15.0 Å². The number of carbonyl (C=O) groups is 3. The van der Waals surface area contributed by atoms with Crippen LogP contribution in [0.2, 0.25) is 0 Å². The summed E-state index contributed by atoms with van der Waals surface area (Å²) in [5.74, 6) is -0.0159. The van der Waals surface area contributed by atoms with Gasteiger partial charge >= 0.3 is 0 Å². The molecular weight excluding hydrogens is 356 g/mol. The molecule has 0 saturated carbocycles. The van der Waals surface area contributed by atoms with Gasteiger partial charge in [0, 0.05) is 19.5 Å². The van der Waals surface area contributed by atoms with Crippen LogP contribution in [0.1, 0.15) is 56.0 Å². The maximum atomic E-state index is 13.0. The van der Waals surface area contributed by atoms with E-state index in [-0.39, 0.29) is 35.5 Å². The minimum absolute atomic E-state index is 0.0223. The van der Waals surface area contributed by atoms with E-state index in [1.165, 1.54) is 0 Å². The highest BCUT2D eigenvalue weighted by Gasteiger charge is 2.30. The third-order valence-electron chi connectivity index (χ3n) is 4.85. The Labute approximate surface area is 167 Å². The highest BCUT2D eigenvalue weighted by atomic mass is 16.5. The molecule has 1 unspecified atom stereocenters. The van der Waals surface area contributed by atoms with Crippen molar-refractivity contribution in [1.29, 1.82) is 0 Å². The zero-order valence-corrected chi connectivity index (χ0v) is 17.6. The summed E-state index contributed by atoms with van der Waals surface area (Å²) in [6, 6.07) is 5.50. The molecule has 2 rings (SSSR count). The van der Waals surface area contributed by atoms with Gasteiger partial charge in [-0.3, -0.25) is 14.4 Å². The molecule has 1 fully saturated rings. The van der Waals surface area contributed by atoms with Gasteiger partial charge in [0.15, 0.2) is 5.78 Å². The molecule has 1 aliphatic heterocycles. The van der Waals surface area contributed by atoms with Crippen molar-refractivity contribution in [2.24, 2.45) is 11.3 Å². The number of rotatable bonds is 6. The summed E-state index contributed by atoms with van der Waals surface area (Å²) in [6.45, 7) is 8.94. The number of Topliss-reactive ketones (excluding diaryl/α,β-unsaturated/α-hetero) is 1. The molecule has 2 amide bonds. The van der Waals surface area contributed by atoms with Crippen molar-refractivity contribution in [3.63, 3.8) is 0 Å². The lowest BCUT2D eigenvalue weighted by Gasteiger charge is -2.32. The molecule has 0 aliphatic carbocycles. The van der Waals surface area contributed by atoms with E-state index in [1.54, 1.807) is 18.1 Å². The van der Waals surface area contributed by atoms with Crippen LogP contribution in [0.3, 0.4) is 0 Å². The molecule has 1 atom stereocenters. The van der Waals surface area contributed by atoms with E-state index in [0.29, 0.717) is 37.2 Å². The van der Waals surface area contributed by atoms with Crippen LogP contribution in [0.5, 0.6) is 5.75 Å². The summed E-state index contributed by atoms with van der Waals surface area (Å²) in [7, 11) is 1.54. The standard InChI is InChI=1S/C22H32N2O4/c1-15-8-9-19(28-5)18(11-15)21(27)24-10-6-7-16(14-24)20(26)23-13-17(25)12-22(2,3)4/h8-9,11,16H,6-7,10,12-14H2,1-5H3,(H,23,26). The molecule has 6 heteroatoms. The number of aryl methyl sites for hydroxylation is 1. The fourth-order valence-corrected chi connectivity index (χ4v) is 3.52. The largest absolute Gasteiger partial charge is 0.496 e. The molecule has 1 heterocycles. The first-order valence-electron chi connectivity index (χ1n) is 9.84. The second-order valence-corrected chi connectivity index (χ2v) is 8.79. The van der Waals surface area contributed by atoms with Crippen LogP contribution >= 0.6 is 0 Å². The van der Waals surface area contributed by atoms with Gasteiger partial charge in [0.1, 0.15) is 5.75 Å². The monoisotopic (exact) mass is 388 g/mol. The van der Waals surface area contributed by atoms with Gasteiger partial charge in [-0.1, -0.05) is 32.4 Å². The molecule has 1 saturated heterocycles. The van der Waals surface area contributed by atoms with Crippen LogP contribution in [-0.2, 0) is 9.59 Å². The van der Waals surface area contributed by atoms with Gasteiger partial charge in [-0.15, -0.1) is 0 Å². The number of methoxy groups -OCH3 is 1. The molecule has 28 heavy (non-hydrogen) atoms. The highest BCUT2D eigenvalue weighted by molar-refractivity contribution is 5.97. The fraction of sp³-hybridized carbons (Fsp3) is 0.591. The van der Waals surface area contributed by atoms with Gasteiger partial charge in [-0.2, -0.15) is 0 Å². The van der Waals surface area contributed by atoms with E-state index >= 15 is 0 Å². The van der Waals surface area contributed by atoms with Crippen LogP contribution in [0.15, 0.2) is 18.2 Å². The van der Waals surface area contributed by atoms with Gasteiger partial charge in [0.05, 0.1) is 25.1 Å². The second kappa shape index (κ2) is 9.22. The van der Waals surface area contributed by atoms with Gasteiger partial charge in [-0.25, -0.2) is 0 Å². The smallest absolute Gasteiger partial charge is 0.257 e. The predicted octanol–water partition coefficient (Wildman–Crippen LogP) is 2.98. The molecular formula is C22H32N2O4. The van der Waals surface area contributed by atoms with Crippen molar-refractivity contribution < 1.29 is 19.1 Å². The van der Waals surface area contributed by atoms with E-state index in [2.05, 4.69) is 5.32 Å². The fourth-order valence-electron chi connectivity index (χ4n) is 3.52. The molecule has 154 valence electrons. The van der Waals surface area contributed by atoms with Crippen molar-refractivity contribution in [2.45, 2.75) is 47.0 Å². The predicted molar refractivity (Wildman–Crippen MR) is 108 cm³/mol. The van der Waals surface area contributed by atoms with Gasteiger partial charge in [-0.05, 0) is 37.3 Å². The zero-order chi connectivity index (χ0) is 20.9. The van der Waals surface area contributed by atoms with Crippen molar-refractivity contribution in [1.82, 2.24) is 10.2 Å². The van der Waals surface area contributed by atoms with E-state index in [0.717, 1.165) is 12.0 Å². The van der Waals surface area contributed by atoms with E-state index in [9.17, 15) is 14.4 Å². The number of amides is 2. The molecule has 1 aromatic rings. The number of hydrogen-bond donors (Lipinski definition) is 1. The van der Waals surface area contributed by atoms with E-state index in [4.69, 9.17) is 4.74 Å². The number of likely N-dealkylation sites (tertiary alicyclic amines) is 1. The molecule has 1 aromatic carbocycles. The molecule has 0 spiro atoms. The van der Waals surface area contributed by atoms with Crippen molar-refractivity contribution in [3.8, 4) is 5.75 Å². The molecule has 0 aromatic heterocycles. The maximum Gasteiger partial charge on any atom is 0.257 e. The lowest BCUT2D eigenvalue weighted by Crippen LogP contribution is -2.46. The minimum Gasteiger partial charge on any atom is -0.496 e. The Kier molecular flexibility index (Phi) is 7.22. The number of ketones is 1. The Morgan fingerprint density at radius 2 is 1.96 bits per heavy atom. The van der Waals surface area contributed by atoms with E-state index in [1.807, 2.05) is 39.8 Å². The summed E-state index contributed by atoms with van der Waals surface area (Å²) in [5, 5.41) is 2.75. The van der Waals surface area contributed by atoms with Gasteiger partial charge in [0.25, 0.3) is 5.91 Å². The quantitative estimate of drug-likeness (QED) is 0.813. The van der Waals surface area contributed by atoms with Crippen LogP contribution in [0.25, 0.3) is 0 Å². The number of piperidine rings is 1. The lowest BCUT2D eigenvalue weighted by atomic mass is 9.90. The first kappa shape index (κ1) is 21.9. The second-order valence-electron chi connectivity index (χ2n) is 8.79. The Balaban J connectivity index is 1.98. The van der Waals surface area contributed by atoms with Crippen LogP contribution < -0.4 is 10.1 Å². The Morgan fingerprint density at radius 3 is 2.61 bits per heavy atom. The zero-order valence-electron chi connectivity index (χ0n) is 17.6. The van der Waals surface area contributed by atoms with Crippen LogP contribution in [0.4, 0.5) is 0 Å². The Hall–Kier alpha value is -2.37. The van der Waals surface area contributed by atoms with Crippen molar-refractivity contribution in [3.05, 3.63) is 29.3 Å². The van der Waals surface area contributed by atoms with Crippen molar-refractivity contribution >= 4 is 17.6 Å². The number of hydrogen-bond acceptors (Lipinski definition) is 4. The van der Waals surface area contributed by atoms with Crippen molar-refractivity contribution in [2.75, 3.05) is 26.7 Å². The summed E-state index contributed by atoms with van der Waals surface area (Å²) < 4.78 is 5.33. The normalized spacial score (nSPS) is 17.2. The summed E-state index contributed by atoms with van der Waals surface area (Å²) in [4.78, 5) is 39.2. The highest BCUT2D eigenvalue weighted by Crippen LogP contribution is 2.25. The average Bonchev–Trinajstić information content (AvgIpc) is 2.64. The van der Waals surface area contributed by atoms with Crippen LogP contribution in [0, 0.1) is 18.3 Å². The first-order chi connectivity index (χ1) is 13.1. The van der Waals surface area contributed by atoms with Crippen LogP contribution in [-0.4, -0.2) is 49.2 Å². The average molecular weight is 389 g/mol. The summed E-state index contributed by atoms with van der Waals surface area (Å²) in [6.07, 6.45) is 1.90.